The molecule has 30 heavy (non-hydrogen) atoms. The molecule has 0 bridgehead atoms. The Kier molecular flexibility index (Phi) is 5.18. The van der Waals surface area contributed by atoms with Crippen LogP contribution in [0.1, 0.15) is 53.1 Å². The monoisotopic (exact) mass is 436 g/mol. The molecule has 4 N–H and O–H groups in total. The molecule has 0 radical (unpaired) electrons. The number of anilines is 2. The Hall–Kier alpha value is -2.32. The van der Waals surface area contributed by atoms with Crippen LogP contribution in [-0.2, 0) is 0 Å². The van der Waals surface area contributed by atoms with E-state index in [9.17, 15) is 14.7 Å². The average Bonchev–Trinajstić information content (AvgIpc) is 3.44. The SMILES string of the molecule is Cc1c(N2CC3CCCNC3C2)c(F)c(N)n2c(=O)c(C(=O)O)cc(C3CC3)c12.Cl. The molecule has 2 atom stereocenters. The summed E-state index contributed by atoms with van der Waals surface area (Å²) in [6.07, 6.45) is 4.09. The van der Waals surface area contributed by atoms with Crippen LogP contribution in [0.4, 0.5) is 15.9 Å². The topological polar surface area (TPSA) is 100 Å². The molecule has 2 aliphatic heterocycles. The van der Waals surface area contributed by atoms with E-state index in [1.54, 1.807) is 0 Å². The minimum Gasteiger partial charge on any atom is -0.477 e. The fourth-order valence-electron chi connectivity index (χ4n) is 5.21. The van der Waals surface area contributed by atoms with E-state index in [-0.39, 0.29) is 29.7 Å². The molecule has 0 spiro atoms. The van der Waals surface area contributed by atoms with Gasteiger partial charge in [0, 0.05) is 24.7 Å². The number of carbonyl (C=O) groups is 1. The summed E-state index contributed by atoms with van der Waals surface area (Å²) < 4.78 is 16.6. The zero-order valence-corrected chi connectivity index (χ0v) is 17.6. The van der Waals surface area contributed by atoms with E-state index in [0.717, 1.165) is 48.7 Å². The van der Waals surface area contributed by atoms with Crippen molar-refractivity contribution in [2.45, 2.75) is 44.6 Å². The molecule has 2 saturated heterocycles. The number of nitrogens with one attached hydrogen (secondary N) is 1. The summed E-state index contributed by atoms with van der Waals surface area (Å²) in [4.78, 5) is 26.5. The first-order chi connectivity index (χ1) is 13.9. The van der Waals surface area contributed by atoms with E-state index in [4.69, 9.17) is 5.73 Å². The van der Waals surface area contributed by atoms with Gasteiger partial charge in [-0.3, -0.25) is 9.20 Å². The average molecular weight is 437 g/mol. The van der Waals surface area contributed by atoms with Crippen LogP contribution in [-0.4, -0.2) is 41.2 Å². The summed E-state index contributed by atoms with van der Waals surface area (Å²) in [6, 6.07) is 1.80. The molecule has 2 unspecified atom stereocenters. The molecule has 4 heterocycles. The van der Waals surface area contributed by atoms with Crippen LogP contribution in [0.5, 0.6) is 0 Å². The number of nitrogens with two attached hydrogens (primary N) is 1. The van der Waals surface area contributed by atoms with Crippen LogP contribution in [0.15, 0.2) is 10.9 Å². The number of piperidine rings is 1. The van der Waals surface area contributed by atoms with Crippen molar-refractivity contribution in [3.05, 3.63) is 38.9 Å². The van der Waals surface area contributed by atoms with Crippen molar-refractivity contribution in [2.75, 3.05) is 30.3 Å². The van der Waals surface area contributed by atoms with Gasteiger partial charge in [-0.2, -0.15) is 0 Å². The van der Waals surface area contributed by atoms with Crippen LogP contribution < -0.4 is 21.5 Å². The van der Waals surface area contributed by atoms with Gasteiger partial charge in [0.2, 0.25) is 0 Å². The first kappa shape index (κ1) is 20.9. The Morgan fingerprint density at radius 2 is 2.03 bits per heavy atom. The standard InChI is InChI=1S/C21H25FN4O3.ClH/c1-10-17-13(11-4-5-11)7-14(21(28)29)20(27)26(17)19(23)16(22)18(10)25-8-12-3-2-6-24-15(12)9-25;/h7,11-12,15,24H,2-6,8-9,23H2,1H3,(H,28,29);1H. The normalized spacial score (nSPS) is 23.3. The summed E-state index contributed by atoms with van der Waals surface area (Å²) in [6.45, 7) is 4.25. The molecule has 0 aromatic carbocycles. The number of carboxylic acid groups (broad SMARTS) is 1. The van der Waals surface area contributed by atoms with Gasteiger partial charge in [-0.15, -0.1) is 12.4 Å². The Morgan fingerprint density at radius 3 is 2.67 bits per heavy atom. The Labute approximate surface area is 179 Å². The van der Waals surface area contributed by atoms with E-state index in [2.05, 4.69) is 5.32 Å². The van der Waals surface area contributed by atoms with Crippen molar-refractivity contribution < 1.29 is 14.3 Å². The van der Waals surface area contributed by atoms with Gasteiger partial charge in [-0.25, -0.2) is 9.18 Å². The van der Waals surface area contributed by atoms with Crippen LogP contribution >= 0.6 is 12.4 Å². The number of aromatic nitrogens is 1. The van der Waals surface area contributed by atoms with Crippen molar-refractivity contribution in [1.82, 2.24) is 9.72 Å². The van der Waals surface area contributed by atoms with Gasteiger partial charge >= 0.3 is 5.97 Å². The summed E-state index contributed by atoms with van der Waals surface area (Å²) >= 11 is 0. The van der Waals surface area contributed by atoms with Crippen LogP contribution in [0.2, 0.25) is 0 Å². The second-order valence-electron chi connectivity index (χ2n) is 8.62. The highest BCUT2D eigenvalue weighted by Crippen LogP contribution is 2.45. The molecule has 3 aliphatic rings. The Bertz CT molecular complexity index is 1080. The predicted octanol–water partition coefficient (Wildman–Crippen LogP) is 2.51. The lowest BCUT2D eigenvalue weighted by Gasteiger charge is -2.25. The van der Waals surface area contributed by atoms with Crippen LogP contribution in [0, 0.1) is 18.7 Å². The number of hydrogen-bond acceptors (Lipinski definition) is 5. The van der Waals surface area contributed by atoms with Crippen molar-refractivity contribution >= 4 is 35.4 Å². The van der Waals surface area contributed by atoms with Gasteiger partial charge in [0.15, 0.2) is 5.82 Å². The number of aryl methyl sites for hydroxylation is 1. The number of pyridine rings is 2. The molecule has 1 saturated carbocycles. The molecule has 162 valence electrons. The van der Waals surface area contributed by atoms with Gasteiger partial charge in [0.05, 0.1) is 11.2 Å². The highest BCUT2D eigenvalue weighted by molar-refractivity contribution is 5.89. The van der Waals surface area contributed by atoms with E-state index >= 15 is 4.39 Å². The molecular weight excluding hydrogens is 411 g/mol. The smallest absolute Gasteiger partial charge is 0.341 e. The number of nitrogen functional groups attached to an aromatic ring is 1. The summed E-state index contributed by atoms with van der Waals surface area (Å²) in [5, 5.41) is 13.0. The summed E-state index contributed by atoms with van der Waals surface area (Å²) in [5.74, 6) is -1.61. The van der Waals surface area contributed by atoms with Crippen LogP contribution in [0.25, 0.3) is 5.52 Å². The first-order valence-corrected chi connectivity index (χ1v) is 10.3. The first-order valence-electron chi connectivity index (χ1n) is 10.3. The number of rotatable bonds is 3. The minimum absolute atomic E-state index is 0. The lowest BCUT2D eigenvalue weighted by atomic mass is 9.94. The molecule has 2 aromatic heterocycles. The Morgan fingerprint density at radius 1 is 1.30 bits per heavy atom. The van der Waals surface area contributed by atoms with Gasteiger partial charge < -0.3 is 21.1 Å². The number of nitrogens with zero attached hydrogens (tertiary/aromatic N) is 2. The minimum atomic E-state index is -1.32. The van der Waals surface area contributed by atoms with Crippen molar-refractivity contribution in [1.29, 1.82) is 0 Å². The third-order valence-corrected chi connectivity index (χ3v) is 6.78. The van der Waals surface area contributed by atoms with Crippen molar-refractivity contribution in [3.63, 3.8) is 0 Å². The zero-order chi connectivity index (χ0) is 20.4. The van der Waals surface area contributed by atoms with Gasteiger partial charge in [-0.05, 0) is 62.6 Å². The highest BCUT2D eigenvalue weighted by atomic mass is 35.5. The largest absolute Gasteiger partial charge is 0.477 e. The van der Waals surface area contributed by atoms with Gasteiger partial charge in [-0.1, -0.05) is 0 Å². The molecule has 9 heteroatoms. The molecular formula is C21H26ClFN4O3. The molecule has 0 amide bonds. The van der Waals surface area contributed by atoms with Crippen LogP contribution in [0.3, 0.4) is 0 Å². The number of halogens is 2. The van der Waals surface area contributed by atoms with Gasteiger partial charge in [0.25, 0.3) is 5.56 Å². The predicted molar refractivity (Wildman–Crippen MR) is 116 cm³/mol. The van der Waals surface area contributed by atoms with Crippen molar-refractivity contribution in [2.24, 2.45) is 5.92 Å². The maximum Gasteiger partial charge on any atom is 0.341 e. The fraction of sp³-hybridized carbons (Fsp3) is 0.524. The molecule has 5 rings (SSSR count). The lowest BCUT2D eigenvalue weighted by Crippen LogP contribution is -2.40. The number of carboxylic acids is 1. The quantitative estimate of drug-likeness (QED) is 0.683. The third-order valence-electron chi connectivity index (χ3n) is 6.78. The Balaban J connectivity index is 0.00000218. The third kappa shape index (κ3) is 3.04. The molecule has 3 fully saturated rings. The maximum atomic E-state index is 15.5. The molecule has 7 nitrogen and oxygen atoms in total. The van der Waals surface area contributed by atoms with E-state index in [1.807, 2.05) is 11.8 Å². The lowest BCUT2D eigenvalue weighted by molar-refractivity contribution is 0.0694. The van der Waals surface area contributed by atoms with E-state index in [1.165, 1.54) is 6.07 Å². The highest BCUT2D eigenvalue weighted by Gasteiger charge is 2.38. The van der Waals surface area contributed by atoms with E-state index in [0.29, 0.717) is 35.3 Å². The fourth-order valence-corrected chi connectivity index (χ4v) is 5.21. The zero-order valence-electron chi connectivity index (χ0n) is 16.8. The van der Waals surface area contributed by atoms with E-state index < -0.39 is 17.3 Å². The number of hydrogen-bond donors (Lipinski definition) is 3. The molecule has 1 aliphatic carbocycles. The summed E-state index contributed by atoms with van der Waals surface area (Å²) in [7, 11) is 0. The molecule has 2 aromatic rings. The summed E-state index contributed by atoms with van der Waals surface area (Å²) in [5.41, 5.74) is 7.43. The van der Waals surface area contributed by atoms with Crippen molar-refractivity contribution in [3.8, 4) is 0 Å². The number of aromatic carboxylic acids is 1. The number of fused-ring (bicyclic) bond motifs is 2. The maximum absolute atomic E-state index is 15.5. The second-order valence-corrected chi connectivity index (χ2v) is 8.62. The second kappa shape index (κ2) is 7.42. The van der Waals surface area contributed by atoms with Gasteiger partial charge in [0.1, 0.15) is 11.4 Å².